The van der Waals surface area contributed by atoms with Crippen LogP contribution in [0.3, 0.4) is 0 Å². The fourth-order valence-electron chi connectivity index (χ4n) is 3.52. The Labute approximate surface area is 154 Å². The van der Waals surface area contributed by atoms with E-state index in [0.717, 1.165) is 5.41 Å². The highest BCUT2D eigenvalue weighted by atomic mass is 16.9. The largest absolute Gasteiger partial charge is 0.313 e. The highest BCUT2D eigenvalue weighted by Gasteiger charge is 2.53. The molecule has 2 aliphatic carbocycles. The molecule has 0 atom stereocenters. The molecule has 0 aromatic carbocycles. The van der Waals surface area contributed by atoms with Crippen LogP contribution in [0.4, 0.5) is 0 Å². The van der Waals surface area contributed by atoms with E-state index < -0.39 is 15.9 Å². The second kappa shape index (κ2) is 8.05. The molecule has 0 radical (unpaired) electrons. The van der Waals surface area contributed by atoms with Crippen LogP contribution in [-0.4, -0.2) is 17.5 Å². The topological polar surface area (TPSA) is 69.4 Å². The zero-order chi connectivity index (χ0) is 18.8. The fourth-order valence-corrected chi connectivity index (χ4v) is 3.52. The van der Waals surface area contributed by atoms with Crippen molar-refractivity contribution in [2.45, 2.75) is 94.4 Å². The summed E-state index contributed by atoms with van der Waals surface area (Å²) in [6, 6.07) is 0. The first-order valence-electron chi connectivity index (χ1n) is 9.08. The first-order chi connectivity index (χ1) is 10.8. The molecular weight excluding hydrogens is 318 g/mol. The van der Waals surface area contributed by atoms with E-state index in [-0.39, 0.29) is 19.8 Å². The maximum atomic E-state index is 11.9. The Morgan fingerprint density at radius 3 is 1.76 bits per heavy atom. The van der Waals surface area contributed by atoms with Gasteiger partial charge in [0.15, 0.2) is 0 Å². The standard InChI is InChI=1S/C10H20.C9H15NO4.CH4/c1-5-10(6-7-10)8-9(2,3)4;1-8(2,3)7(11)9(4-5-9)6-14-10(12)13;/h5-8H2,1-4H3;4-6H2,1-3H3;1H4. The fraction of sp³-hybridized carbons (Fsp3) is 0.950. The Kier molecular flexibility index (Phi) is 7.68. The summed E-state index contributed by atoms with van der Waals surface area (Å²) in [7, 11) is 0. The molecule has 2 fully saturated rings. The summed E-state index contributed by atoms with van der Waals surface area (Å²) in [5.41, 5.74) is 0.298. The lowest BCUT2D eigenvalue weighted by molar-refractivity contribution is -0.759. The Morgan fingerprint density at radius 1 is 1.08 bits per heavy atom. The Hall–Kier alpha value is -1.13. The van der Waals surface area contributed by atoms with Crippen molar-refractivity contribution < 1.29 is 14.7 Å². The van der Waals surface area contributed by atoms with Crippen molar-refractivity contribution >= 4 is 5.78 Å². The number of carbonyl (C=O) groups is 1. The second-order valence-electron chi connectivity index (χ2n) is 9.95. The maximum Gasteiger partial charge on any atom is 0.294 e. The highest BCUT2D eigenvalue weighted by Crippen LogP contribution is 2.55. The first kappa shape index (κ1) is 23.9. The van der Waals surface area contributed by atoms with E-state index in [2.05, 4.69) is 32.5 Å². The zero-order valence-corrected chi connectivity index (χ0v) is 16.5. The van der Waals surface area contributed by atoms with Gasteiger partial charge >= 0.3 is 0 Å². The van der Waals surface area contributed by atoms with Gasteiger partial charge in [-0.15, -0.1) is 10.1 Å². The molecular formula is C20H39NO4. The van der Waals surface area contributed by atoms with Crippen molar-refractivity contribution in [2.24, 2.45) is 21.7 Å². The molecule has 0 aromatic heterocycles. The molecule has 0 bridgehead atoms. The van der Waals surface area contributed by atoms with E-state index in [0.29, 0.717) is 18.3 Å². The van der Waals surface area contributed by atoms with Crippen LogP contribution in [0.15, 0.2) is 0 Å². The second-order valence-corrected chi connectivity index (χ2v) is 9.95. The van der Waals surface area contributed by atoms with Crippen molar-refractivity contribution in [2.75, 3.05) is 6.61 Å². The monoisotopic (exact) mass is 357 g/mol. The third-order valence-corrected chi connectivity index (χ3v) is 5.08. The Balaban J connectivity index is 0.000000465. The molecule has 25 heavy (non-hydrogen) atoms. The molecule has 148 valence electrons. The lowest BCUT2D eigenvalue weighted by atomic mass is 9.81. The average molecular weight is 358 g/mol. The minimum absolute atomic E-state index is 0. The van der Waals surface area contributed by atoms with E-state index in [9.17, 15) is 14.9 Å². The summed E-state index contributed by atoms with van der Waals surface area (Å²) < 4.78 is 0. The molecule has 5 nitrogen and oxygen atoms in total. The molecule has 5 heteroatoms. The predicted octanol–water partition coefficient (Wildman–Crippen LogP) is 5.84. The minimum atomic E-state index is -0.837. The molecule has 2 aliphatic rings. The van der Waals surface area contributed by atoms with E-state index >= 15 is 0 Å². The van der Waals surface area contributed by atoms with Crippen molar-refractivity contribution in [3.05, 3.63) is 10.1 Å². The predicted molar refractivity (Wildman–Crippen MR) is 102 cm³/mol. The molecule has 2 rings (SSSR count). The third kappa shape index (κ3) is 7.74. The van der Waals surface area contributed by atoms with Crippen molar-refractivity contribution in [3.63, 3.8) is 0 Å². The van der Waals surface area contributed by atoms with Crippen molar-refractivity contribution in [1.29, 1.82) is 0 Å². The number of Topliss-reactive ketones (excluding diaryl/α,β-unsaturated/α-hetero) is 1. The molecule has 2 saturated carbocycles. The summed E-state index contributed by atoms with van der Waals surface area (Å²) in [4.78, 5) is 26.2. The van der Waals surface area contributed by atoms with Gasteiger partial charge in [-0.25, -0.2) is 0 Å². The molecule has 0 aromatic rings. The van der Waals surface area contributed by atoms with Crippen LogP contribution in [0.1, 0.15) is 94.4 Å². The number of carbonyl (C=O) groups excluding carboxylic acids is 1. The summed E-state index contributed by atoms with van der Waals surface area (Å²) in [5, 5.41) is 9.18. The first-order valence-corrected chi connectivity index (χ1v) is 9.08. The van der Waals surface area contributed by atoms with Crippen LogP contribution in [0.25, 0.3) is 0 Å². The number of nitrogens with zero attached hydrogens (tertiary/aromatic N) is 1. The summed E-state index contributed by atoms with van der Waals surface area (Å²) in [6.45, 7) is 14.8. The molecule has 0 N–H and O–H groups in total. The van der Waals surface area contributed by atoms with Crippen molar-refractivity contribution in [3.8, 4) is 0 Å². The van der Waals surface area contributed by atoms with Crippen LogP contribution in [0.5, 0.6) is 0 Å². The average Bonchev–Trinajstić information content (AvgIpc) is 3.30. The smallest absolute Gasteiger partial charge is 0.294 e. The van der Waals surface area contributed by atoms with Gasteiger partial charge in [0.2, 0.25) is 0 Å². The Morgan fingerprint density at radius 2 is 1.56 bits per heavy atom. The van der Waals surface area contributed by atoms with Crippen LogP contribution >= 0.6 is 0 Å². The molecule has 0 heterocycles. The number of hydrogen-bond donors (Lipinski definition) is 0. The number of hydrogen-bond acceptors (Lipinski definition) is 4. The van der Waals surface area contributed by atoms with Crippen LogP contribution in [-0.2, 0) is 9.63 Å². The van der Waals surface area contributed by atoms with Crippen LogP contribution < -0.4 is 0 Å². The normalized spacial score (nSPS) is 19.6. The third-order valence-electron chi connectivity index (χ3n) is 5.08. The van der Waals surface area contributed by atoms with Gasteiger partial charge in [-0.05, 0) is 42.9 Å². The van der Waals surface area contributed by atoms with E-state index in [1.54, 1.807) is 0 Å². The summed E-state index contributed by atoms with van der Waals surface area (Å²) in [6.07, 6.45) is 7.20. The van der Waals surface area contributed by atoms with Gasteiger partial charge in [0.1, 0.15) is 12.4 Å². The van der Waals surface area contributed by atoms with E-state index in [1.165, 1.54) is 25.7 Å². The molecule has 0 unspecified atom stereocenters. The zero-order valence-electron chi connectivity index (χ0n) is 16.5. The lowest BCUT2D eigenvalue weighted by Crippen LogP contribution is -2.33. The van der Waals surface area contributed by atoms with Crippen molar-refractivity contribution in [1.82, 2.24) is 0 Å². The van der Waals surface area contributed by atoms with Gasteiger partial charge in [0, 0.05) is 5.41 Å². The van der Waals surface area contributed by atoms with Gasteiger partial charge in [0.05, 0.1) is 5.41 Å². The highest BCUT2D eigenvalue weighted by molar-refractivity contribution is 5.91. The van der Waals surface area contributed by atoms with Crippen LogP contribution in [0, 0.1) is 31.8 Å². The van der Waals surface area contributed by atoms with Gasteiger partial charge in [-0.3, -0.25) is 4.79 Å². The molecule has 0 aliphatic heterocycles. The van der Waals surface area contributed by atoms with Gasteiger partial charge < -0.3 is 4.84 Å². The van der Waals surface area contributed by atoms with Gasteiger partial charge in [-0.2, -0.15) is 0 Å². The van der Waals surface area contributed by atoms with Gasteiger partial charge in [-0.1, -0.05) is 62.3 Å². The van der Waals surface area contributed by atoms with Crippen LogP contribution in [0.2, 0.25) is 0 Å². The number of rotatable bonds is 6. The molecule has 0 spiro atoms. The SMILES string of the molecule is C.CC(C)(C)C(=O)C1(CO[N+](=O)[O-])CC1.CCC1(CC(C)(C)C)CC1. The van der Waals surface area contributed by atoms with E-state index in [4.69, 9.17) is 0 Å². The molecule has 0 amide bonds. The minimum Gasteiger partial charge on any atom is -0.313 e. The summed E-state index contributed by atoms with van der Waals surface area (Å²) in [5.74, 6) is 0.0619. The maximum absolute atomic E-state index is 11.9. The quantitative estimate of drug-likeness (QED) is 0.442. The number of ketones is 1. The summed E-state index contributed by atoms with van der Waals surface area (Å²) >= 11 is 0. The molecule has 0 saturated heterocycles. The Bertz CT molecular complexity index is 463. The van der Waals surface area contributed by atoms with Gasteiger partial charge in [0.25, 0.3) is 5.09 Å². The lowest BCUT2D eigenvalue weighted by Gasteiger charge is -2.24. The van der Waals surface area contributed by atoms with E-state index in [1.807, 2.05) is 20.8 Å².